The van der Waals surface area contributed by atoms with E-state index < -0.39 is 0 Å². The van der Waals surface area contributed by atoms with Crippen molar-refractivity contribution in [1.82, 2.24) is 4.90 Å². The van der Waals surface area contributed by atoms with Gasteiger partial charge < -0.3 is 15.1 Å². The van der Waals surface area contributed by atoms with Gasteiger partial charge in [0.05, 0.1) is 4.88 Å². The van der Waals surface area contributed by atoms with E-state index in [1.807, 2.05) is 12.1 Å². The molecule has 1 aliphatic rings. The van der Waals surface area contributed by atoms with Crippen molar-refractivity contribution in [1.29, 1.82) is 0 Å². The molecule has 1 amide bonds. The van der Waals surface area contributed by atoms with Crippen LogP contribution in [0.5, 0.6) is 0 Å². The molecule has 140 valence electrons. The summed E-state index contributed by atoms with van der Waals surface area (Å²) in [7, 11) is 0. The zero-order valence-corrected chi connectivity index (χ0v) is 17.1. The van der Waals surface area contributed by atoms with Gasteiger partial charge in [-0.25, -0.2) is 0 Å². The number of anilines is 2. The fourth-order valence-corrected chi connectivity index (χ4v) is 4.48. The molecule has 0 aliphatic carbocycles. The summed E-state index contributed by atoms with van der Waals surface area (Å²) in [6.07, 6.45) is 0.975. The van der Waals surface area contributed by atoms with E-state index in [9.17, 15) is 4.79 Å². The Kier molecular flexibility index (Phi) is 5.99. The highest BCUT2D eigenvalue weighted by atomic mass is 32.1. The molecule has 2 heterocycles. The van der Waals surface area contributed by atoms with Crippen LogP contribution in [0.1, 0.15) is 39.5 Å². The summed E-state index contributed by atoms with van der Waals surface area (Å²) in [5, 5.41) is 3.08. The maximum atomic E-state index is 12.6. The zero-order chi connectivity index (χ0) is 18.7. The van der Waals surface area contributed by atoms with Crippen LogP contribution in [0.15, 0.2) is 24.3 Å². The van der Waals surface area contributed by atoms with Crippen molar-refractivity contribution in [3.05, 3.63) is 45.1 Å². The average Bonchev–Trinajstić information content (AvgIpc) is 3.04. The maximum absolute atomic E-state index is 12.6. The van der Waals surface area contributed by atoms with Crippen LogP contribution in [0, 0.1) is 13.8 Å². The third kappa shape index (κ3) is 4.10. The Morgan fingerprint density at radius 3 is 2.38 bits per heavy atom. The van der Waals surface area contributed by atoms with E-state index in [4.69, 9.17) is 0 Å². The molecule has 3 rings (SSSR count). The Hall–Kier alpha value is -1.85. The van der Waals surface area contributed by atoms with Crippen LogP contribution in [0.4, 0.5) is 11.4 Å². The Bertz CT molecular complexity index is 776. The van der Waals surface area contributed by atoms with Gasteiger partial charge in [-0.1, -0.05) is 13.8 Å². The predicted molar refractivity (Wildman–Crippen MR) is 112 cm³/mol. The molecule has 0 saturated carbocycles. The van der Waals surface area contributed by atoms with Crippen molar-refractivity contribution >= 4 is 28.6 Å². The van der Waals surface area contributed by atoms with Gasteiger partial charge in [-0.2, -0.15) is 0 Å². The number of likely N-dealkylation sites (N-methyl/N-ethyl adjacent to an activating group) is 1. The number of piperazine rings is 1. The molecule has 1 saturated heterocycles. The van der Waals surface area contributed by atoms with Gasteiger partial charge in [-0.3, -0.25) is 4.79 Å². The number of carbonyl (C=O) groups excluding carboxylic acids is 1. The summed E-state index contributed by atoms with van der Waals surface area (Å²) in [4.78, 5) is 19.6. The number of carbonyl (C=O) groups is 1. The van der Waals surface area contributed by atoms with E-state index in [0.29, 0.717) is 0 Å². The number of rotatable bonds is 5. The minimum atomic E-state index is -0.00906. The van der Waals surface area contributed by atoms with Crippen LogP contribution < -0.4 is 10.2 Å². The molecule has 1 N–H and O–H groups in total. The minimum Gasteiger partial charge on any atom is -0.369 e. The molecule has 0 unspecified atom stereocenters. The molecular formula is C21H29N3OS. The minimum absolute atomic E-state index is 0.00906. The van der Waals surface area contributed by atoms with Gasteiger partial charge in [0.25, 0.3) is 5.91 Å². The second-order valence-electron chi connectivity index (χ2n) is 6.95. The number of thiophene rings is 1. The fourth-order valence-electron chi connectivity index (χ4n) is 3.47. The van der Waals surface area contributed by atoms with Crippen molar-refractivity contribution in [2.75, 3.05) is 42.9 Å². The summed E-state index contributed by atoms with van der Waals surface area (Å²) in [6, 6.07) is 8.35. The Labute approximate surface area is 160 Å². The number of nitrogens with zero attached hydrogens (tertiary/aromatic N) is 2. The Morgan fingerprint density at radius 1 is 1.08 bits per heavy atom. The van der Waals surface area contributed by atoms with E-state index in [1.165, 1.54) is 16.1 Å². The summed E-state index contributed by atoms with van der Waals surface area (Å²) >= 11 is 1.60. The lowest BCUT2D eigenvalue weighted by Crippen LogP contribution is -2.46. The molecule has 0 bridgehead atoms. The molecule has 5 heteroatoms. The Balaban J connectivity index is 1.68. The predicted octanol–water partition coefficient (Wildman–Crippen LogP) is 4.32. The molecule has 0 atom stereocenters. The number of aryl methyl sites for hydroxylation is 3. The lowest BCUT2D eigenvalue weighted by atomic mass is 10.1. The van der Waals surface area contributed by atoms with Crippen LogP contribution in [0.2, 0.25) is 0 Å². The molecule has 2 aromatic rings. The molecule has 1 aromatic heterocycles. The van der Waals surface area contributed by atoms with E-state index in [1.54, 1.807) is 11.3 Å². The smallest absolute Gasteiger partial charge is 0.265 e. The molecule has 1 aromatic carbocycles. The average molecular weight is 372 g/mol. The summed E-state index contributed by atoms with van der Waals surface area (Å²) in [5.41, 5.74) is 4.46. The van der Waals surface area contributed by atoms with Crippen LogP contribution in [-0.4, -0.2) is 43.5 Å². The van der Waals surface area contributed by atoms with Gasteiger partial charge in [-0.05, 0) is 62.2 Å². The van der Waals surface area contributed by atoms with Crippen molar-refractivity contribution < 1.29 is 4.79 Å². The number of nitrogens with one attached hydrogen (secondary N) is 1. The van der Waals surface area contributed by atoms with Gasteiger partial charge in [0.2, 0.25) is 0 Å². The second-order valence-corrected chi connectivity index (χ2v) is 8.08. The van der Waals surface area contributed by atoms with Crippen molar-refractivity contribution in [3.63, 3.8) is 0 Å². The van der Waals surface area contributed by atoms with Gasteiger partial charge >= 0.3 is 0 Å². The first kappa shape index (κ1) is 18.9. The third-order valence-electron chi connectivity index (χ3n) is 5.21. The van der Waals surface area contributed by atoms with Crippen LogP contribution in [0.25, 0.3) is 0 Å². The standard InChI is InChI=1S/C21H29N3OS/c1-5-19-16(4)14-20(26-19)21(25)22-18-8-7-17(13-15(18)3)24-11-9-23(6-2)10-12-24/h7-8,13-14H,5-6,9-12H2,1-4H3,(H,22,25). The lowest BCUT2D eigenvalue weighted by Gasteiger charge is -2.35. The summed E-state index contributed by atoms with van der Waals surface area (Å²) < 4.78 is 0. The van der Waals surface area contributed by atoms with E-state index in [0.717, 1.165) is 55.3 Å². The summed E-state index contributed by atoms with van der Waals surface area (Å²) in [5.74, 6) is -0.00906. The van der Waals surface area contributed by atoms with Gasteiger partial charge in [0, 0.05) is 42.4 Å². The quantitative estimate of drug-likeness (QED) is 0.850. The van der Waals surface area contributed by atoms with Gasteiger partial charge in [0.1, 0.15) is 0 Å². The van der Waals surface area contributed by atoms with Crippen molar-refractivity contribution in [3.8, 4) is 0 Å². The zero-order valence-electron chi connectivity index (χ0n) is 16.3. The lowest BCUT2D eigenvalue weighted by molar-refractivity contribution is 0.103. The first-order valence-electron chi connectivity index (χ1n) is 9.50. The van der Waals surface area contributed by atoms with Gasteiger partial charge in [-0.15, -0.1) is 11.3 Å². The van der Waals surface area contributed by atoms with E-state index in [-0.39, 0.29) is 5.91 Å². The van der Waals surface area contributed by atoms with Crippen molar-refractivity contribution in [2.45, 2.75) is 34.1 Å². The van der Waals surface area contributed by atoms with Crippen molar-refractivity contribution in [2.24, 2.45) is 0 Å². The summed E-state index contributed by atoms with van der Waals surface area (Å²) in [6.45, 7) is 14.0. The monoisotopic (exact) mass is 371 g/mol. The van der Waals surface area contributed by atoms with Crippen LogP contribution in [-0.2, 0) is 6.42 Å². The van der Waals surface area contributed by atoms with E-state index >= 15 is 0 Å². The first-order chi connectivity index (χ1) is 12.5. The highest BCUT2D eigenvalue weighted by Crippen LogP contribution is 2.26. The van der Waals surface area contributed by atoms with E-state index in [2.05, 4.69) is 54.9 Å². The topological polar surface area (TPSA) is 35.6 Å². The molecule has 26 heavy (non-hydrogen) atoms. The maximum Gasteiger partial charge on any atom is 0.265 e. The molecular weight excluding hydrogens is 342 g/mol. The first-order valence-corrected chi connectivity index (χ1v) is 10.3. The molecule has 4 nitrogen and oxygen atoms in total. The number of amides is 1. The third-order valence-corrected chi connectivity index (χ3v) is 6.59. The van der Waals surface area contributed by atoms with Crippen LogP contribution >= 0.6 is 11.3 Å². The molecule has 1 fully saturated rings. The van der Waals surface area contributed by atoms with Crippen LogP contribution in [0.3, 0.4) is 0 Å². The molecule has 0 radical (unpaired) electrons. The molecule has 1 aliphatic heterocycles. The number of hydrogen-bond donors (Lipinski definition) is 1. The number of benzene rings is 1. The van der Waals surface area contributed by atoms with Gasteiger partial charge in [0.15, 0.2) is 0 Å². The highest BCUT2D eigenvalue weighted by Gasteiger charge is 2.17. The largest absolute Gasteiger partial charge is 0.369 e. The fraction of sp³-hybridized carbons (Fsp3) is 0.476. The number of hydrogen-bond acceptors (Lipinski definition) is 4. The second kappa shape index (κ2) is 8.23. The highest BCUT2D eigenvalue weighted by molar-refractivity contribution is 7.14. The normalized spacial score (nSPS) is 15.3. The SMILES string of the molecule is CCc1sc(C(=O)Nc2ccc(N3CCN(CC)CC3)cc2C)cc1C. The Morgan fingerprint density at radius 2 is 1.81 bits per heavy atom. The molecule has 0 spiro atoms.